The minimum atomic E-state index is -0.855. The Labute approximate surface area is 77.8 Å². The third-order valence-corrected chi connectivity index (χ3v) is 0.867. The Morgan fingerprint density at radius 1 is 1.23 bits per heavy atom. The van der Waals surface area contributed by atoms with Crippen molar-refractivity contribution in [3.63, 3.8) is 0 Å². The summed E-state index contributed by atoms with van der Waals surface area (Å²) in [5.74, 6) is 0. The quantitative estimate of drug-likeness (QED) is 0.292. The van der Waals surface area contributed by atoms with Crippen molar-refractivity contribution in [1.29, 1.82) is 0 Å². The molecule has 0 aliphatic carbocycles. The molecule has 0 aromatic heterocycles. The van der Waals surface area contributed by atoms with Crippen molar-refractivity contribution in [2.24, 2.45) is 0 Å². The van der Waals surface area contributed by atoms with Crippen LogP contribution in [0.5, 0.6) is 0 Å². The average Bonchev–Trinajstić information content (AvgIpc) is 2.00. The van der Waals surface area contributed by atoms with E-state index < -0.39 is 11.8 Å². The van der Waals surface area contributed by atoms with Crippen molar-refractivity contribution in [1.82, 2.24) is 0 Å². The maximum Gasteiger partial charge on any atom is 0.540 e. The molecule has 0 aliphatic rings. The van der Waals surface area contributed by atoms with Crippen LogP contribution < -0.4 is 0 Å². The summed E-state index contributed by atoms with van der Waals surface area (Å²) in [6, 6.07) is 0. The summed E-state index contributed by atoms with van der Waals surface area (Å²) in [6.45, 7) is 5.77. The molecule has 0 amide bonds. The minimum Gasteiger partial charge on any atom is -0.430 e. The molecule has 0 spiro atoms. The highest BCUT2D eigenvalue weighted by Crippen LogP contribution is 2.07. The molecule has 5 heteroatoms. The van der Waals surface area contributed by atoms with Crippen LogP contribution in [0.1, 0.15) is 20.8 Å². The molecular weight excluding hydrogens is 176 g/mol. The van der Waals surface area contributed by atoms with Gasteiger partial charge in [0.1, 0.15) is 12.2 Å². The van der Waals surface area contributed by atoms with E-state index in [1.165, 1.54) is 7.11 Å². The SMILES string of the molecule is COCCOC(=O)OOC(C)(C)C. The molecule has 0 atom stereocenters. The lowest BCUT2D eigenvalue weighted by Crippen LogP contribution is -2.22. The molecule has 5 nitrogen and oxygen atoms in total. The van der Waals surface area contributed by atoms with Gasteiger partial charge >= 0.3 is 6.16 Å². The largest absolute Gasteiger partial charge is 0.540 e. The standard InChI is InChI=1S/C8H16O5/c1-8(2,3)13-12-7(9)11-6-5-10-4/h5-6H2,1-4H3. The molecule has 0 aliphatic heterocycles. The third kappa shape index (κ3) is 9.10. The molecule has 0 unspecified atom stereocenters. The second kappa shape index (κ2) is 5.77. The lowest BCUT2D eigenvalue weighted by molar-refractivity contribution is -0.312. The molecule has 0 N–H and O–H groups in total. The van der Waals surface area contributed by atoms with Gasteiger partial charge in [-0.05, 0) is 20.8 Å². The van der Waals surface area contributed by atoms with E-state index in [4.69, 9.17) is 4.89 Å². The average molecular weight is 192 g/mol. The highest BCUT2D eigenvalue weighted by molar-refractivity contribution is 5.58. The second-order valence-corrected chi connectivity index (χ2v) is 3.37. The molecule has 0 radical (unpaired) electrons. The normalized spacial score (nSPS) is 11.1. The predicted molar refractivity (Wildman–Crippen MR) is 45.1 cm³/mol. The molecule has 78 valence electrons. The first-order chi connectivity index (χ1) is 5.95. The van der Waals surface area contributed by atoms with Gasteiger partial charge in [0.15, 0.2) is 0 Å². The molecule has 0 rings (SSSR count). The van der Waals surface area contributed by atoms with Crippen LogP contribution in [0.4, 0.5) is 4.79 Å². The second-order valence-electron chi connectivity index (χ2n) is 3.37. The van der Waals surface area contributed by atoms with Gasteiger partial charge in [0.05, 0.1) is 6.61 Å². The Morgan fingerprint density at radius 3 is 2.31 bits per heavy atom. The van der Waals surface area contributed by atoms with Crippen LogP contribution in [0.15, 0.2) is 0 Å². The van der Waals surface area contributed by atoms with E-state index in [-0.39, 0.29) is 6.61 Å². The van der Waals surface area contributed by atoms with E-state index in [0.717, 1.165) is 0 Å². The van der Waals surface area contributed by atoms with Gasteiger partial charge in [-0.2, -0.15) is 4.89 Å². The summed E-state index contributed by atoms with van der Waals surface area (Å²) in [5.41, 5.74) is -0.528. The van der Waals surface area contributed by atoms with Crippen LogP contribution in [0, 0.1) is 0 Å². The summed E-state index contributed by atoms with van der Waals surface area (Å²) in [4.78, 5) is 19.8. The van der Waals surface area contributed by atoms with Crippen LogP contribution in [-0.4, -0.2) is 32.1 Å². The van der Waals surface area contributed by atoms with Gasteiger partial charge in [0, 0.05) is 7.11 Å². The van der Waals surface area contributed by atoms with Gasteiger partial charge in [-0.25, -0.2) is 4.79 Å². The fraction of sp³-hybridized carbons (Fsp3) is 0.875. The third-order valence-electron chi connectivity index (χ3n) is 0.867. The lowest BCUT2D eigenvalue weighted by atomic mass is 10.2. The maximum absolute atomic E-state index is 10.7. The molecule has 0 saturated carbocycles. The highest BCUT2D eigenvalue weighted by Gasteiger charge is 2.15. The molecule has 0 bridgehead atoms. The van der Waals surface area contributed by atoms with Gasteiger partial charge in [-0.15, -0.1) is 0 Å². The predicted octanol–water partition coefficient (Wildman–Crippen LogP) is 1.52. The molecular formula is C8H16O5. The molecule has 0 aromatic rings. The first-order valence-corrected chi connectivity index (χ1v) is 3.97. The van der Waals surface area contributed by atoms with Gasteiger partial charge in [0.2, 0.25) is 0 Å². The molecule has 13 heavy (non-hydrogen) atoms. The summed E-state index contributed by atoms with van der Waals surface area (Å²) in [7, 11) is 1.51. The summed E-state index contributed by atoms with van der Waals surface area (Å²) >= 11 is 0. The highest BCUT2D eigenvalue weighted by atomic mass is 17.2. The number of carbonyl (C=O) groups is 1. The monoisotopic (exact) mass is 192 g/mol. The van der Waals surface area contributed by atoms with Gasteiger partial charge in [-0.1, -0.05) is 0 Å². The van der Waals surface area contributed by atoms with Crippen LogP contribution in [-0.2, 0) is 19.2 Å². The van der Waals surface area contributed by atoms with E-state index in [2.05, 4.69) is 14.4 Å². The van der Waals surface area contributed by atoms with Crippen molar-refractivity contribution in [3.8, 4) is 0 Å². The summed E-state index contributed by atoms with van der Waals surface area (Å²) < 4.78 is 9.23. The number of ether oxygens (including phenoxy) is 2. The number of hydrogen-bond acceptors (Lipinski definition) is 5. The fourth-order valence-electron chi connectivity index (χ4n) is 0.391. The molecule has 0 heterocycles. The van der Waals surface area contributed by atoms with Crippen molar-refractivity contribution >= 4 is 6.16 Å². The van der Waals surface area contributed by atoms with Crippen LogP contribution >= 0.6 is 0 Å². The minimum absolute atomic E-state index is 0.156. The number of hydrogen-bond donors (Lipinski definition) is 0. The Balaban J connectivity index is 3.41. The molecule has 0 saturated heterocycles. The van der Waals surface area contributed by atoms with E-state index in [1.54, 1.807) is 20.8 Å². The lowest BCUT2D eigenvalue weighted by Gasteiger charge is -2.15. The van der Waals surface area contributed by atoms with Crippen molar-refractivity contribution < 1.29 is 24.0 Å². The molecule has 0 fully saturated rings. The number of carbonyl (C=O) groups excluding carboxylic acids is 1. The maximum atomic E-state index is 10.7. The zero-order valence-corrected chi connectivity index (χ0v) is 8.46. The smallest absolute Gasteiger partial charge is 0.430 e. The van der Waals surface area contributed by atoms with E-state index in [0.29, 0.717) is 6.61 Å². The molecule has 0 aromatic carbocycles. The van der Waals surface area contributed by atoms with Gasteiger partial charge in [-0.3, -0.25) is 4.89 Å². The van der Waals surface area contributed by atoms with Crippen molar-refractivity contribution in [2.75, 3.05) is 20.3 Å². The zero-order valence-electron chi connectivity index (χ0n) is 8.46. The zero-order chi connectivity index (χ0) is 10.3. The van der Waals surface area contributed by atoms with Crippen LogP contribution in [0.2, 0.25) is 0 Å². The van der Waals surface area contributed by atoms with E-state index >= 15 is 0 Å². The Kier molecular flexibility index (Phi) is 5.41. The van der Waals surface area contributed by atoms with Crippen molar-refractivity contribution in [2.45, 2.75) is 26.4 Å². The topological polar surface area (TPSA) is 54.0 Å². The van der Waals surface area contributed by atoms with Crippen molar-refractivity contribution in [3.05, 3.63) is 0 Å². The van der Waals surface area contributed by atoms with Crippen LogP contribution in [0.25, 0.3) is 0 Å². The number of rotatable bonds is 4. The Bertz CT molecular complexity index is 149. The first kappa shape index (κ1) is 12.2. The number of methoxy groups -OCH3 is 1. The van der Waals surface area contributed by atoms with Gasteiger partial charge < -0.3 is 9.47 Å². The fourth-order valence-corrected chi connectivity index (χ4v) is 0.391. The Hall–Kier alpha value is -0.810. The van der Waals surface area contributed by atoms with Crippen LogP contribution in [0.3, 0.4) is 0 Å². The summed E-state index contributed by atoms with van der Waals surface area (Å²) in [6.07, 6.45) is -0.855. The van der Waals surface area contributed by atoms with Gasteiger partial charge in [0.25, 0.3) is 0 Å². The van der Waals surface area contributed by atoms with E-state index in [1.807, 2.05) is 0 Å². The summed E-state index contributed by atoms with van der Waals surface area (Å²) in [5, 5.41) is 0. The Morgan fingerprint density at radius 2 is 1.85 bits per heavy atom. The first-order valence-electron chi connectivity index (χ1n) is 3.97. The van der Waals surface area contributed by atoms with E-state index in [9.17, 15) is 4.79 Å².